The van der Waals surface area contributed by atoms with Gasteiger partial charge in [0.1, 0.15) is 17.3 Å². The molecular weight excluding hydrogens is 508 g/mol. The Labute approximate surface area is 229 Å². The number of carbonyl (C=O) groups excluding carboxylic acids is 2. The Morgan fingerprint density at radius 1 is 0.846 bits per heavy atom. The molecule has 39 heavy (non-hydrogen) atoms. The van der Waals surface area contributed by atoms with Crippen molar-refractivity contribution in [1.29, 1.82) is 0 Å². The minimum Gasteiger partial charge on any atom is -0.507 e. The molecule has 6 rings (SSSR count). The zero-order chi connectivity index (χ0) is 27.1. The molecule has 1 aliphatic rings. The van der Waals surface area contributed by atoms with Gasteiger partial charge in [0.2, 0.25) is 0 Å². The summed E-state index contributed by atoms with van der Waals surface area (Å²) in [5, 5.41) is 11.8. The van der Waals surface area contributed by atoms with Gasteiger partial charge in [-0.25, -0.2) is 4.98 Å². The van der Waals surface area contributed by atoms with Gasteiger partial charge >= 0.3 is 5.91 Å². The number of hydrogen-bond donors (Lipinski definition) is 1. The Balaban J connectivity index is 1.52. The van der Waals surface area contributed by atoms with Crippen molar-refractivity contribution < 1.29 is 19.4 Å². The van der Waals surface area contributed by atoms with Crippen LogP contribution in [0.2, 0.25) is 0 Å². The number of amides is 1. The molecule has 0 radical (unpaired) electrons. The van der Waals surface area contributed by atoms with Crippen molar-refractivity contribution in [3.05, 3.63) is 125 Å². The number of carbonyl (C=O) groups is 2. The van der Waals surface area contributed by atoms with Crippen molar-refractivity contribution in [3.63, 3.8) is 0 Å². The van der Waals surface area contributed by atoms with Crippen LogP contribution in [0.15, 0.2) is 103 Å². The molecule has 4 aromatic carbocycles. The monoisotopic (exact) mass is 532 g/mol. The SMILES string of the molecule is Cc1ccc(/C(O)=C2\C(=O)C(=O)N(c3nc4ccc(C)cc4s3)C2c2cccc(Oc3ccccc3)c2)cc1. The van der Waals surface area contributed by atoms with Gasteiger partial charge in [-0.1, -0.05) is 77.6 Å². The number of aryl methyl sites for hydroxylation is 2. The number of hydrogen-bond acceptors (Lipinski definition) is 6. The molecule has 2 heterocycles. The van der Waals surface area contributed by atoms with Crippen molar-refractivity contribution in [3.8, 4) is 11.5 Å². The van der Waals surface area contributed by atoms with Gasteiger partial charge in [-0.15, -0.1) is 0 Å². The van der Waals surface area contributed by atoms with E-state index in [4.69, 9.17) is 9.72 Å². The van der Waals surface area contributed by atoms with E-state index in [-0.39, 0.29) is 11.3 Å². The molecule has 1 N–H and O–H groups in total. The first-order valence-electron chi connectivity index (χ1n) is 12.5. The Bertz CT molecular complexity index is 1760. The van der Waals surface area contributed by atoms with E-state index < -0.39 is 17.7 Å². The van der Waals surface area contributed by atoms with E-state index in [1.54, 1.807) is 24.3 Å². The molecule has 0 saturated carbocycles. The summed E-state index contributed by atoms with van der Waals surface area (Å²) in [6, 6.07) is 28.7. The third-order valence-corrected chi connectivity index (χ3v) is 7.68. The summed E-state index contributed by atoms with van der Waals surface area (Å²) in [6.45, 7) is 3.93. The van der Waals surface area contributed by atoms with Gasteiger partial charge in [0, 0.05) is 5.56 Å². The van der Waals surface area contributed by atoms with Gasteiger partial charge in [-0.05, 0) is 61.4 Å². The van der Waals surface area contributed by atoms with Gasteiger partial charge in [0.05, 0.1) is 21.8 Å². The van der Waals surface area contributed by atoms with Crippen molar-refractivity contribution in [2.24, 2.45) is 0 Å². The summed E-state index contributed by atoms with van der Waals surface area (Å²) in [5.41, 5.74) is 3.91. The van der Waals surface area contributed by atoms with Crippen LogP contribution >= 0.6 is 11.3 Å². The standard InChI is InChI=1S/C32H24N2O4S/c1-19-11-14-21(15-12-19)29(35)27-28(22-7-6-10-24(18-22)38-23-8-4-3-5-9-23)34(31(37)30(27)36)32-33-25-16-13-20(2)17-26(25)39-32/h3-18,28,35H,1-2H3/b29-27+. The highest BCUT2D eigenvalue weighted by atomic mass is 32.1. The second kappa shape index (κ2) is 9.85. The molecule has 6 nitrogen and oxygen atoms in total. The maximum atomic E-state index is 13.6. The van der Waals surface area contributed by atoms with Crippen LogP contribution in [0.5, 0.6) is 11.5 Å². The molecule has 0 bridgehead atoms. The number of para-hydroxylation sites is 1. The number of Topliss-reactive ketones (excluding diaryl/α,β-unsaturated/α-hetero) is 1. The number of aliphatic hydroxyl groups is 1. The lowest BCUT2D eigenvalue weighted by Gasteiger charge is -2.23. The average molecular weight is 533 g/mol. The predicted molar refractivity (Wildman–Crippen MR) is 153 cm³/mol. The molecule has 1 atom stereocenters. The summed E-state index contributed by atoms with van der Waals surface area (Å²) in [6.07, 6.45) is 0. The number of fused-ring (bicyclic) bond motifs is 1. The van der Waals surface area contributed by atoms with Crippen LogP contribution in [-0.2, 0) is 9.59 Å². The summed E-state index contributed by atoms with van der Waals surface area (Å²) >= 11 is 1.34. The maximum Gasteiger partial charge on any atom is 0.301 e. The second-order valence-corrected chi connectivity index (χ2v) is 10.5. The van der Waals surface area contributed by atoms with Crippen LogP contribution in [0.3, 0.4) is 0 Å². The number of ether oxygens (including phenoxy) is 1. The Morgan fingerprint density at radius 3 is 2.33 bits per heavy atom. The van der Waals surface area contributed by atoms with E-state index in [1.165, 1.54) is 16.2 Å². The fourth-order valence-electron chi connectivity index (χ4n) is 4.71. The van der Waals surface area contributed by atoms with Gasteiger partial charge < -0.3 is 9.84 Å². The normalized spacial score (nSPS) is 16.7. The number of benzene rings is 4. The quantitative estimate of drug-likeness (QED) is 0.146. The van der Waals surface area contributed by atoms with E-state index in [2.05, 4.69) is 0 Å². The third-order valence-electron chi connectivity index (χ3n) is 6.66. The van der Waals surface area contributed by atoms with Gasteiger partial charge in [0.25, 0.3) is 5.78 Å². The number of thiazole rings is 1. The van der Waals surface area contributed by atoms with Crippen molar-refractivity contribution in [1.82, 2.24) is 4.98 Å². The highest BCUT2D eigenvalue weighted by Crippen LogP contribution is 2.45. The van der Waals surface area contributed by atoms with Crippen LogP contribution in [0.1, 0.15) is 28.3 Å². The molecule has 1 aromatic heterocycles. The molecule has 192 valence electrons. The first-order valence-corrected chi connectivity index (χ1v) is 13.3. The molecule has 1 amide bonds. The number of anilines is 1. The summed E-state index contributed by atoms with van der Waals surface area (Å²) < 4.78 is 6.96. The number of nitrogens with zero attached hydrogens (tertiary/aromatic N) is 2. The molecule has 0 aliphatic carbocycles. The molecule has 1 saturated heterocycles. The largest absolute Gasteiger partial charge is 0.507 e. The molecule has 0 spiro atoms. The van der Waals surface area contributed by atoms with Crippen molar-refractivity contribution >= 4 is 44.1 Å². The van der Waals surface area contributed by atoms with E-state index in [0.29, 0.717) is 27.8 Å². The molecule has 1 aliphatic heterocycles. The van der Waals surface area contributed by atoms with Gasteiger partial charge in [-0.2, -0.15) is 0 Å². The highest BCUT2D eigenvalue weighted by molar-refractivity contribution is 7.22. The number of aliphatic hydroxyl groups excluding tert-OH is 1. The highest BCUT2D eigenvalue weighted by Gasteiger charge is 2.48. The first-order chi connectivity index (χ1) is 18.9. The number of aromatic nitrogens is 1. The molecule has 1 fully saturated rings. The van der Waals surface area contributed by atoms with Gasteiger partial charge in [-0.3, -0.25) is 14.5 Å². The second-order valence-electron chi connectivity index (χ2n) is 9.49. The molecular formula is C32H24N2O4S. The lowest BCUT2D eigenvalue weighted by Crippen LogP contribution is -2.29. The summed E-state index contributed by atoms with van der Waals surface area (Å²) in [5.74, 6) is -0.529. The van der Waals surface area contributed by atoms with Crippen LogP contribution in [-0.4, -0.2) is 21.8 Å². The van der Waals surface area contributed by atoms with Crippen LogP contribution in [0.25, 0.3) is 16.0 Å². The summed E-state index contributed by atoms with van der Waals surface area (Å²) in [7, 11) is 0. The lowest BCUT2D eigenvalue weighted by molar-refractivity contribution is -0.132. The number of rotatable bonds is 5. The van der Waals surface area contributed by atoms with E-state index in [1.807, 2.05) is 86.6 Å². The fourth-order valence-corrected chi connectivity index (χ4v) is 5.80. The number of ketones is 1. The minimum absolute atomic E-state index is 0.0103. The molecule has 5 aromatic rings. The summed E-state index contributed by atoms with van der Waals surface area (Å²) in [4.78, 5) is 33.2. The Hall–Kier alpha value is -4.75. The first kappa shape index (κ1) is 24.6. The van der Waals surface area contributed by atoms with Crippen LogP contribution in [0, 0.1) is 13.8 Å². The van der Waals surface area contributed by atoms with E-state index in [9.17, 15) is 14.7 Å². The van der Waals surface area contributed by atoms with Crippen molar-refractivity contribution in [2.75, 3.05) is 4.90 Å². The smallest absolute Gasteiger partial charge is 0.301 e. The van der Waals surface area contributed by atoms with E-state index >= 15 is 0 Å². The predicted octanol–water partition coefficient (Wildman–Crippen LogP) is 7.33. The van der Waals surface area contributed by atoms with Gasteiger partial charge in [0.15, 0.2) is 5.13 Å². The van der Waals surface area contributed by atoms with Crippen LogP contribution < -0.4 is 9.64 Å². The fraction of sp³-hybridized carbons (Fsp3) is 0.0938. The molecule has 1 unspecified atom stereocenters. The molecule has 7 heteroatoms. The van der Waals surface area contributed by atoms with Crippen LogP contribution in [0.4, 0.5) is 5.13 Å². The zero-order valence-electron chi connectivity index (χ0n) is 21.3. The maximum absolute atomic E-state index is 13.6. The Morgan fingerprint density at radius 2 is 1.56 bits per heavy atom. The third kappa shape index (κ3) is 4.57. The van der Waals surface area contributed by atoms with E-state index in [0.717, 1.165) is 21.3 Å². The van der Waals surface area contributed by atoms with Crippen molar-refractivity contribution in [2.45, 2.75) is 19.9 Å². The Kier molecular flexibility index (Phi) is 6.21. The lowest BCUT2D eigenvalue weighted by atomic mass is 9.95. The minimum atomic E-state index is -0.896. The average Bonchev–Trinajstić information content (AvgIpc) is 3.47. The topological polar surface area (TPSA) is 79.7 Å². The zero-order valence-corrected chi connectivity index (χ0v) is 22.1.